The van der Waals surface area contributed by atoms with E-state index in [1.165, 1.54) is 11.0 Å². The van der Waals surface area contributed by atoms with Gasteiger partial charge in [0, 0.05) is 10.9 Å². The van der Waals surface area contributed by atoms with Gasteiger partial charge in [-0.25, -0.2) is 4.79 Å². The van der Waals surface area contributed by atoms with Gasteiger partial charge in [0.2, 0.25) is 0 Å². The number of rotatable bonds is 2. The normalized spacial score (nSPS) is 23.6. The fourth-order valence-corrected chi connectivity index (χ4v) is 3.58. The van der Waals surface area contributed by atoms with Gasteiger partial charge in [-0.1, -0.05) is 23.8 Å². The lowest BCUT2D eigenvalue weighted by molar-refractivity contribution is -0.114. The van der Waals surface area contributed by atoms with Gasteiger partial charge in [0.25, 0.3) is 0 Å². The number of halogens is 1. The van der Waals surface area contributed by atoms with Crippen LogP contribution in [0.3, 0.4) is 0 Å². The molecule has 0 radical (unpaired) electrons. The summed E-state index contributed by atoms with van der Waals surface area (Å²) < 4.78 is 0.714. The molecule has 2 unspecified atom stereocenters. The molecule has 22 heavy (non-hydrogen) atoms. The first kappa shape index (κ1) is 15.0. The van der Waals surface area contributed by atoms with Crippen LogP contribution in [0, 0.1) is 0 Å². The highest BCUT2D eigenvalue weighted by Crippen LogP contribution is 2.39. The van der Waals surface area contributed by atoms with Crippen molar-refractivity contribution in [2.24, 2.45) is 5.73 Å². The molecule has 0 aromatic heterocycles. The van der Waals surface area contributed by atoms with Crippen molar-refractivity contribution in [3.05, 3.63) is 52.0 Å². The fraction of sp³-hybridized carbons (Fsp3) is 0.250. The molecule has 2 amide bonds. The van der Waals surface area contributed by atoms with Crippen molar-refractivity contribution in [2.45, 2.75) is 25.0 Å². The molecular formula is C16H15BrN2O3. The SMILES string of the molecule is NC(=O)N(c1ccccc1Br)C1C2=C(CC(=O)C=C2)CC1O. The Balaban J connectivity index is 2.06. The van der Waals surface area contributed by atoms with E-state index in [4.69, 9.17) is 5.73 Å². The zero-order valence-electron chi connectivity index (χ0n) is 11.7. The Bertz CT molecular complexity index is 711. The Labute approximate surface area is 136 Å². The number of carbonyl (C=O) groups is 2. The Morgan fingerprint density at radius 1 is 1.32 bits per heavy atom. The standard InChI is InChI=1S/C16H15BrN2O3/c17-12-3-1-2-4-13(12)19(16(18)22)15-11-6-5-10(20)7-9(11)8-14(15)21/h1-6,14-15,21H,7-8H2,(H2,18,22). The van der Waals surface area contributed by atoms with Crippen molar-refractivity contribution < 1.29 is 14.7 Å². The summed E-state index contributed by atoms with van der Waals surface area (Å²) in [4.78, 5) is 24.9. The summed E-state index contributed by atoms with van der Waals surface area (Å²) in [6.45, 7) is 0. The van der Waals surface area contributed by atoms with Gasteiger partial charge in [-0.2, -0.15) is 0 Å². The summed E-state index contributed by atoms with van der Waals surface area (Å²) in [5, 5.41) is 10.4. The molecule has 2 atom stereocenters. The third-order valence-corrected chi connectivity index (χ3v) is 4.68. The highest BCUT2D eigenvalue weighted by Gasteiger charge is 2.40. The van der Waals surface area contributed by atoms with Crippen LogP contribution >= 0.6 is 15.9 Å². The minimum absolute atomic E-state index is 0.0121. The zero-order chi connectivity index (χ0) is 15.9. The molecule has 0 fully saturated rings. The van der Waals surface area contributed by atoms with Gasteiger partial charge < -0.3 is 10.8 Å². The van der Waals surface area contributed by atoms with Crippen molar-refractivity contribution >= 4 is 33.4 Å². The van der Waals surface area contributed by atoms with E-state index in [2.05, 4.69) is 15.9 Å². The monoisotopic (exact) mass is 362 g/mol. The third-order valence-electron chi connectivity index (χ3n) is 4.01. The smallest absolute Gasteiger partial charge is 0.319 e. The first-order valence-corrected chi connectivity index (χ1v) is 7.72. The number of nitrogens with zero attached hydrogens (tertiary/aromatic N) is 1. The highest BCUT2D eigenvalue weighted by molar-refractivity contribution is 9.10. The van der Waals surface area contributed by atoms with Crippen LogP contribution < -0.4 is 10.6 Å². The Morgan fingerprint density at radius 3 is 2.73 bits per heavy atom. The molecule has 0 heterocycles. The maximum atomic E-state index is 12.0. The minimum Gasteiger partial charge on any atom is -0.390 e. The topological polar surface area (TPSA) is 83.6 Å². The molecule has 5 nitrogen and oxygen atoms in total. The van der Waals surface area contributed by atoms with E-state index in [9.17, 15) is 14.7 Å². The van der Waals surface area contributed by atoms with Crippen molar-refractivity contribution in [1.29, 1.82) is 0 Å². The van der Waals surface area contributed by atoms with Gasteiger partial charge >= 0.3 is 6.03 Å². The summed E-state index contributed by atoms with van der Waals surface area (Å²) in [5.41, 5.74) is 7.85. The molecule has 1 aromatic rings. The van der Waals surface area contributed by atoms with Crippen molar-refractivity contribution in [2.75, 3.05) is 4.90 Å². The van der Waals surface area contributed by atoms with E-state index in [0.717, 1.165) is 11.1 Å². The van der Waals surface area contributed by atoms with Crippen LogP contribution in [0.2, 0.25) is 0 Å². The van der Waals surface area contributed by atoms with Gasteiger partial charge in [-0.15, -0.1) is 0 Å². The predicted octanol–water partition coefficient (Wildman–Crippen LogP) is 2.29. The second-order valence-corrected chi connectivity index (χ2v) is 6.27. The molecule has 0 saturated heterocycles. The molecular weight excluding hydrogens is 348 g/mol. The number of urea groups is 1. The Kier molecular flexibility index (Phi) is 3.88. The average molecular weight is 363 g/mol. The quantitative estimate of drug-likeness (QED) is 0.846. The lowest BCUT2D eigenvalue weighted by atomic mass is 9.97. The predicted molar refractivity (Wildman–Crippen MR) is 86.4 cm³/mol. The largest absolute Gasteiger partial charge is 0.390 e. The highest BCUT2D eigenvalue weighted by atomic mass is 79.9. The number of carbonyl (C=O) groups excluding carboxylic acids is 2. The number of hydrogen-bond donors (Lipinski definition) is 2. The summed E-state index contributed by atoms with van der Waals surface area (Å²) in [6.07, 6.45) is 3.07. The fourth-order valence-electron chi connectivity index (χ4n) is 3.10. The molecule has 3 rings (SSSR count). The second-order valence-electron chi connectivity index (χ2n) is 5.41. The van der Waals surface area contributed by atoms with E-state index in [1.54, 1.807) is 18.2 Å². The summed E-state index contributed by atoms with van der Waals surface area (Å²) in [7, 11) is 0. The number of anilines is 1. The average Bonchev–Trinajstić information content (AvgIpc) is 2.76. The Morgan fingerprint density at radius 2 is 2.05 bits per heavy atom. The molecule has 0 saturated carbocycles. The number of hydrogen-bond acceptors (Lipinski definition) is 3. The van der Waals surface area contributed by atoms with E-state index in [-0.39, 0.29) is 5.78 Å². The van der Waals surface area contributed by atoms with Crippen LogP contribution in [0.25, 0.3) is 0 Å². The Hall–Kier alpha value is -1.92. The van der Waals surface area contributed by atoms with Gasteiger partial charge in [0.05, 0.1) is 17.8 Å². The maximum Gasteiger partial charge on any atom is 0.319 e. The van der Waals surface area contributed by atoms with Gasteiger partial charge in [0.15, 0.2) is 5.78 Å². The molecule has 6 heteroatoms. The molecule has 1 aromatic carbocycles. The van der Waals surface area contributed by atoms with Gasteiger partial charge in [-0.05, 0) is 46.1 Å². The van der Waals surface area contributed by atoms with Crippen molar-refractivity contribution in [1.82, 2.24) is 0 Å². The van der Waals surface area contributed by atoms with Crippen LogP contribution in [0.5, 0.6) is 0 Å². The van der Waals surface area contributed by atoms with Crippen LogP contribution in [0.1, 0.15) is 12.8 Å². The summed E-state index contributed by atoms with van der Waals surface area (Å²) in [5.74, 6) is 0.0121. The number of nitrogens with two attached hydrogens (primary N) is 1. The molecule has 0 bridgehead atoms. The molecule has 0 spiro atoms. The van der Waals surface area contributed by atoms with Crippen molar-refractivity contribution in [3.63, 3.8) is 0 Å². The number of primary amides is 1. The van der Waals surface area contributed by atoms with E-state index in [1.807, 2.05) is 12.1 Å². The van der Waals surface area contributed by atoms with Gasteiger partial charge in [-0.3, -0.25) is 9.69 Å². The number of aliphatic hydroxyl groups excluding tert-OH is 1. The van der Waals surface area contributed by atoms with Crippen LogP contribution in [-0.2, 0) is 4.79 Å². The molecule has 114 valence electrons. The van der Waals surface area contributed by atoms with E-state index < -0.39 is 18.2 Å². The number of aliphatic hydroxyl groups is 1. The summed E-state index contributed by atoms with van der Waals surface area (Å²) in [6, 6.07) is 5.99. The molecule has 2 aliphatic rings. The maximum absolute atomic E-state index is 12.0. The first-order chi connectivity index (χ1) is 10.5. The van der Waals surface area contributed by atoms with Crippen LogP contribution in [0.4, 0.5) is 10.5 Å². The number of amides is 2. The number of allylic oxidation sites excluding steroid dienone is 1. The van der Waals surface area contributed by atoms with Crippen molar-refractivity contribution in [3.8, 4) is 0 Å². The van der Waals surface area contributed by atoms with Crippen LogP contribution in [0.15, 0.2) is 52.0 Å². The number of benzene rings is 1. The van der Waals surface area contributed by atoms with Crippen LogP contribution in [-0.4, -0.2) is 29.1 Å². The molecule has 2 aliphatic carbocycles. The second kappa shape index (κ2) is 5.70. The number of para-hydroxylation sites is 1. The lowest BCUT2D eigenvalue weighted by Gasteiger charge is -2.32. The van der Waals surface area contributed by atoms with E-state index >= 15 is 0 Å². The molecule has 3 N–H and O–H groups in total. The first-order valence-electron chi connectivity index (χ1n) is 6.93. The lowest BCUT2D eigenvalue weighted by Crippen LogP contribution is -2.49. The van der Waals surface area contributed by atoms with Gasteiger partial charge in [0.1, 0.15) is 0 Å². The zero-order valence-corrected chi connectivity index (χ0v) is 13.3. The molecule has 0 aliphatic heterocycles. The van der Waals surface area contributed by atoms with E-state index in [0.29, 0.717) is 23.0 Å². The third kappa shape index (κ3) is 2.48. The summed E-state index contributed by atoms with van der Waals surface area (Å²) >= 11 is 3.41. The number of ketones is 1. The minimum atomic E-state index is -0.778.